The standard InChI is InChI=1S/C9H8N2O2/c1-13-9(12)7-6-11-5-3-2-4-8(11)10-7/h2-6H,1H3. The van der Waals surface area contributed by atoms with Gasteiger partial charge in [0.05, 0.1) is 7.11 Å². The molecule has 0 aliphatic rings. The van der Waals surface area contributed by atoms with Gasteiger partial charge in [-0.3, -0.25) is 0 Å². The van der Waals surface area contributed by atoms with Gasteiger partial charge < -0.3 is 9.14 Å². The first-order chi connectivity index (χ1) is 6.31. The van der Waals surface area contributed by atoms with Gasteiger partial charge in [0.2, 0.25) is 0 Å². The molecule has 4 nitrogen and oxygen atoms in total. The predicted molar refractivity (Wildman–Crippen MR) is 46.5 cm³/mol. The maximum absolute atomic E-state index is 11.1. The van der Waals surface area contributed by atoms with Crippen molar-refractivity contribution < 1.29 is 9.53 Å². The van der Waals surface area contributed by atoms with E-state index < -0.39 is 5.97 Å². The van der Waals surface area contributed by atoms with E-state index in [2.05, 4.69) is 9.72 Å². The SMILES string of the molecule is COC(=O)c1cn2ccccc2n1. The van der Waals surface area contributed by atoms with E-state index in [0.29, 0.717) is 5.69 Å². The summed E-state index contributed by atoms with van der Waals surface area (Å²) >= 11 is 0. The third kappa shape index (κ3) is 1.26. The lowest BCUT2D eigenvalue weighted by atomic mass is 10.5. The molecule has 0 saturated carbocycles. The van der Waals surface area contributed by atoms with Gasteiger partial charge in [-0.2, -0.15) is 0 Å². The van der Waals surface area contributed by atoms with Crippen LogP contribution in [0.25, 0.3) is 5.65 Å². The van der Waals surface area contributed by atoms with Crippen molar-refractivity contribution in [3.8, 4) is 0 Å². The lowest BCUT2D eigenvalue weighted by Crippen LogP contribution is -2.00. The number of fused-ring (bicyclic) bond motifs is 1. The van der Waals surface area contributed by atoms with Crippen molar-refractivity contribution in [2.75, 3.05) is 7.11 Å². The molecular formula is C9H8N2O2. The molecule has 13 heavy (non-hydrogen) atoms. The van der Waals surface area contributed by atoms with Gasteiger partial charge in [0, 0.05) is 12.4 Å². The average molecular weight is 176 g/mol. The molecular weight excluding hydrogens is 168 g/mol. The fraction of sp³-hybridized carbons (Fsp3) is 0.111. The monoisotopic (exact) mass is 176 g/mol. The Hall–Kier alpha value is -1.84. The molecule has 0 aliphatic carbocycles. The minimum Gasteiger partial charge on any atom is -0.464 e. The zero-order valence-electron chi connectivity index (χ0n) is 7.10. The number of rotatable bonds is 1. The maximum atomic E-state index is 11.1. The van der Waals surface area contributed by atoms with E-state index in [-0.39, 0.29) is 0 Å². The van der Waals surface area contributed by atoms with Crippen LogP contribution in [0.1, 0.15) is 10.5 Å². The van der Waals surface area contributed by atoms with Gasteiger partial charge in [-0.1, -0.05) is 6.07 Å². The van der Waals surface area contributed by atoms with E-state index in [1.165, 1.54) is 7.11 Å². The van der Waals surface area contributed by atoms with Crippen LogP contribution in [0.3, 0.4) is 0 Å². The first-order valence-corrected chi connectivity index (χ1v) is 3.83. The second-order valence-electron chi connectivity index (χ2n) is 2.58. The van der Waals surface area contributed by atoms with E-state index in [9.17, 15) is 4.79 Å². The number of hydrogen-bond donors (Lipinski definition) is 0. The van der Waals surface area contributed by atoms with Crippen LogP contribution in [0.4, 0.5) is 0 Å². The van der Waals surface area contributed by atoms with Crippen molar-refractivity contribution in [1.82, 2.24) is 9.38 Å². The van der Waals surface area contributed by atoms with Crippen molar-refractivity contribution in [3.05, 3.63) is 36.3 Å². The molecule has 0 fully saturated rings. The Labute approximate surface area is 74.8 Å². The van der Waals surface area contributed by atoms with Gasteiger partial charge in [0.25, 0.3) is 0 Å². The Kier molecular flexibility index (Phi) is 1.73. The summed E-state index contributed by atoms with van der Waals surface area (Å²) in [4.78, 5) is 15.2. The predicted octanol–water partition coefficient (Wildman–Crippen LogP) is 1.12. The molecule has 0 unspecified atom stereocenters. The normalized spacial score (nSPS) is 10.2. The van der Waals surface area contributed by atoms with Crippen LogP contribution in [-0.2, 0) is 4.74 Å². The summed E-state index contributed by atoms with van der Waals surface area (Å²) in [5.41, 5.74) is 1.07. The highest BCUT2D eigenvalue weighted by atomic mass is 16.5. The third-order valence-corrected chi connectivity index (χ3v) is 1.76. The van der Waals surface area contributed by atoms with Gasteiger partial charge in [0.1, 0.15) is 5.65 Å². The van der Waals surface area contributed by atoms with Crippen LogP contribution in [0.5, 0.6) is 0 Å². The van der Waals surface area contributed by atoms with E-state index in [0.717, 1.165) is 5.65 Å². The lowest BCUT2D eigenvalue weighted by molar-refractivity contribution is 0.0595. The van der Waals surface area contributed by atoms with Gasteiger partial charge in [-0.15, -0.1) is 0 Å². The molecule has 2 aromatic heterocycles. The Morgan fingerprint density at radius 1 is 1.54 bits per heavy atom. The van der Waals surface area contributed by atoms with Crippen molar-refractivity contribution in [3.63, 3.8) is 0 Å². The Balaban J connectivity index is 2.56. The quantitative estimate of drug-likeness (QED) is 0.611. The molecule has 0 bridgehead atoms. The molecule has 0 N–H and O–H groups in total. The number of methoxy groups -OCH3 is 1. The van der Waals surface area contributed by atoms with E-state index in [1.807, 2.05) is 24.4 Å². The fourth-order valence-corrected chi connectivity index (χ4v) is 1.14. The van der Waals surface area contributed by atoms with E-state index >= 15 is 0 Å². The van der Waals surface area contributed by atoms with Crippen molar-refractivity contribution in [1.29, 1.82) is 0 Å². The molecule has 0 atom stereocenters. The summed E-state index contributed by atoms with van der Waals surface area (Å²) in [5, 5.41) is 0. The molecule has 0 saturated heterocycles. The molecule has 2 rings (SSSR count). The molecule has 0 radical (unpaired) electrons. The highest BCUT2D eigenvalue weighted by Crippen LogP contribution is 2.04. The summed E-state index contributed by atoms with van der Waals surface area (Å²) in [6, 6.07) is 5.56. The molecule has 0 spiro atoms. The molecule has 66 valence electrons. The second-order valence-corrected chi connectivity index (χ2v) is 2.58. The number of carbonyl (C=O) groups is 1. The largest absolute Gasteiger partial charge is 0.464 e. The molecule has 2 heterocycles. The topological polar surface area (TPSA) is 43.6 Å². The Bertz CT molecular complexity index is 415. The number of ether oxygens (including phenoxy) is 1. The summed E-state index contributed by atoms with van der Waals surface area (Å²) < 4.78 is 6.32. The summed E-state index contributed by atoms with van der Waals surface area (Å²) in [6.07, 6.45) is 3.47. The maximum Gasteiger partial charge on any atom is 0.358 e. The molecule has 4 heteroatoms. The second kappa shape index (κ2) is 2.90. The Morgan fingerprint density at radius 2 is 2.38 bits per heavy atom. The van der Waals surface area contributed by atoms with E-state index in [4.69, 9.17) is 0 Å². The number of hydrogen-bond acceptors (Lipinski definition) is 3. The number of aromatic nitrogens is 2. The third-order valence-electron chi connectivity index (χ3n) is 1.76. The van der Waals surface area contributed by atoms with Crippen LogP contribution >= 0.6 is 0 Å². The first kappa shape index (κ1) is 7.79. The average Bonchev–Trinajstić information content (AvgIpc) is 2.59. The van der Waals surface area contributed by atoms with Crippen LogP contribution in [0, 0.1) is 0 Å². The molecule has 0 aliphatic heterocycles. The highest BCUT2D eigenvalue weighted by molar-refractivity contribution is 5.87. The number of imidazole rings is 1. The summed E-state index contributed by atoms with van der Waals surface area (Å²) in [7, 11) is 1.34. The number of carbonyl (C=O) groups excluding carboxylic acids is 1. The highest BCUT2D eigenvalue weighted by Gasteiger charge is 2.09. The minimum absolute atomic E-state index is 0.328. The minimum atomic E-state index is -0.413. The van der Waals surface area contributed by atoms with Crippen LogP contribution in [0.2, 0.25) is 0 Å². The Morgan fingerprint density at radius 3 is 3.08 bits per heavy atom. The fourth-order valence-electron chi connectivity index (χ4n) is 1.14. The van der Waals surface area contributed by atoms with Gasteiger partial charge in [-0.25, -0.2) is 9.78 Å². The molecule has 2 aromatic rings. The number of nitrogens with zero attached hydrogens (tertiary/aromatic N) is 2. The van der Waals surface area contributed by atoms with Crippen LogP contribution in [-0.4, -0.2) is 22.5 Å². The number of esters is 1. The molecule has 0 aromatic carbocycles. The van der Waals surface area contributed by atoms with E-state index in [1.54, 1.807) is 10.6 Å². The van der Waals surface area contributed by atoms with Crippen LogP contribution < -0.4 is 0 Å². The van der Waals surface area contributed by atoms with Gasteiger partial charge >= 0.3 is 5.97 Å². The molecule has 0 amide bonds. The van der Waals surface area contributed by atoms with Crippen LogP contribution in [0.15, 0.2) is 30.6 Å². The van der Waals surface area contributed by atoms with Crippen molar-refractivity contribution in [2.45, 2.75) is 0 Å². The first-order valence-electron chi connectivity index (χ1n) is 3.83. The zero-order valence-corrected chi connectivity index (χ0v) is 7.10. The smallest absolute Gasteiger partial charge is 0.358 e. The lowest BCUT2D eigenvalue weighted by Gasteiger charge is -1.89. The summed E-state index contributed by atoms with van der Waals surface area (Å²) in [5.74, 6) is -0.413. The number of pyridine rings is 1. The summed E-state index contributed by atoms with van der Waals surface area (Å²) in [6.45, 7) is 0. The van der Waals surface area contributed by atoms with Gasteiger partial charge in [-0.05, 0) is 12.1 Å². The van der Waals surface area contributed by atoms with Gasteiger partial charge in [0.15, 0.2) is 5.69 Å². The zero-order chi connectivity index (χ0) is 9.26. The van der Waals surface area contributed by atoms with Crippen molar-refractivity contribution >= 4 is 11.6 Å². The van der Waals surface area contributed by atoms with Crippen molar-refractivity contribution in [2.24, 2.45) is 0 Å².